The van der Waals surface area contributed by atoms with E-state index in [-0.39, 0.29) is 11.6 Å². The Balaban J connectivity index is 1.56. The summed E-state index contributed by atoms with van der Waals surface area (Å²) in [6.45, 7) is 9.87. The Bertz CT molecular complexity index is 805. The van der Waals surface area contributed by atoms with Crippen molar-refractivity contribution < 1.29 is 4.74 Å². The van der Waals surface area contributed by atoms with E-state index in [0.717, 1.165) is 56.8 Å². The third-order valence-electron chi connectivity index (χ3n) is 6.45. The van der Waals surface area contributed by atoms with E-state index in [2.05, 4.69) is 72.1 Å². The van der Waals surface area contributed by atoms with Crippen LogP contribution in [0.2, 0.25) is 0 Å². The van der Waals surface area contributed by atoms with E-state index < -0.39 is 0 Å². The molecule has 1 saturated heterocycles. The molecule has 0 radical (unpaired) electrons. The first-order chi connectivity index (χ1) is 13.5. The van der Waals surface area contributed by atoms with Crippen molar-refractivity contribution in [3.63, 3.8) is 0 Å². The number of fused-ring (bicyclic) bond motifs is 1. The van der Waals surface area contributed by atoms with Crippen molar-refractivity contribution >= 4 is 5.69 Å². The van der Waals surface area contributed by atoms with Crippen LogP contribution in [0.5, 0.6) is 5.75 Å². The van der Waals surface area contributed by atoms with Crippen molar-refractivity contribution in [1.29, 1.82) is 0 Å². The minimum atomic E-state index is -0.0555. The summed E-state index contributed by atoms with van der Waals surface area (Å²) in [5.74, 6) is 1.73. The maximum Gasteiger partial charge on any atom is 0.125 e. The molecule has 3 heterocycles. The molecule has 1 aromatic heterocycles. The van der Waals surface area contributed by atoms with Crippen LogP contribution in [0.3, 0.4) is 0 Å². The van der Waals surface area contributed by atoms with Gasteiger partial charge in [0.25, 0.3) is 0 Å². The number of rotatable bonds is 5. The molecule has 2 aromatic rings. The summed E-state index contributed by atoms with van der Waals surface area (Å²) in [6, 6.07) is 8.78. The third-order valence-corrected chi connectivity index (χ3v) is 6.45. The fourth-order valence-electron chi connectivity index (χ4n) is 4.46. The predicted octanol–water partition coefficient (Wildman–Crippen LogP) is 4.64. The van der Waals surface area contributed by atoms with Gasteiger partial charge in [-0.3, -0.25) is 4.68 Å². The van der Waals surface area contributed by atoms with Gasteiger partial charge in [0.05, 0.1) is 23.6 Å². The Kier molecular flexibility index (Phi) is 5.37. The summed E-state index contributed by atoms with van der Waals surface area (Å²) >= 11 is 0. The van der Waals surface area contributed by atoms with E-state index in [1.807, 2.05) is 6.20 Å². The number of aryl methyl sites for hydroxylation is 1. The summed E-state index contributed by atoms with van der Waals surface area (Å²) in [5.41, 5.74) is 3.58. The zero-order valence-electron chi connectivity index (χ0n) is 17.7. The SMILES string of the molecule is Cc1c(NC2CC3(CCN(C)CC3)Oc3ccccc32)cnn1CCC(C)C. The minimum Gasteiger partial charge on any atom is -0.487 e. The van der Waals surface area contributed by atoms with Crippen molar-refractivity contribution in [1.82, 2.24) is 14.7 Å². The first-order valence-corrected chi connectivity index (χ1v) is 10.7. The van der Waals surface area contributed by atoms with Gasteiger partial charge >= 0.3 is 0 Å². The number of likely N-dealkylation sites (tertiary alicyclic amines) is 1. The standard InChI is InChI=1S/C23H34N4O/c1-17(2)9-12-27-18(3)21(16-24-27)25-20-15-23(10-13-26(4)14-11-23)28-22-8-6-5-7-19(20)22/h5-8,16-17,20,25H,9-15H2,1-4H3. The second-order valence-corrected chi connectivity index (χ2v) is 9.08. The molecule has 0 saturated carbocycles. The van der Waals surface area contributed by atoms with Crippen LogP contribution in [0.15, 0.2) is 30.5 Å². The number of ether oxygens (including phenoxy) is 1. The van der Waals surface area contributed by atoms with Gasteiger partial charge in [0.15, 0.2) is 0 Å². The molecule has 0 amide bonds. The van der Waals surface area contributed by atoms with Crippen molar-refractivity contribution in [3.8, 4) is 5.75 Å². The highest BCUT2D eigenvalue weighted by Gasteiger charge is 2.42. The number of aromatic nitrogens is 2. The van der Waals surface area contributed by atoms with E-state index in [0.29, 0.717) is 5.92 Å². The largest absolute Gasteiger partial charge is 0.487 e. The van der Waals surface area contributed by atoms with Gasteiger partial charge < -0.3 is 15.0 Å². The zero-order chi connectivity index (χ0) is 19.7. The Morgan fingerprint density at radius 2 is 2.00 bits per heavy atom. The van der Waals surface area contributed by atoms with Crippen molar-refractivity contribution in [3.05, 3.63) is 41.7 Å². The topological polar surface area (TPSA) is 42.3 Å². The minimum absolute atomic E-state index is 0.0555. The number of para-hydroxylation sites is 1. The second kappa shape index (κ2) is 7.78. The van der Waals surface area contributed by atoms with Gasteiger partial charge in [-0.15, -0.1) is 0 Å². The fraction of sp³-hybridized carbons (Fsp3) is 0.609. The normalized spacial score (nSPS) is 21.5. The number of benzene rings is 1. The number of hydrogen-bond acceptors (Lipinski definition) is 4. The lowest BCUT2D eigenvalue weighted by Crippen LogP contribution is -2.50. The lowest BCUT2D eigenvalue weighted by Gasteiger charge is -2.46. The summed E-state index contributed by atoms with van der Waals surface area (Å²) in [4.78, 5) is 2.40. The Hall–Kier alpha value is -2.01. The smallest absolute Gasteiger partial charge is 0.125 e. The number of hydrogen-bond donors (Lipinski definition) is 1. The molecule has 5 heteroatoms. The Labute approximate surface area is 169 Å². The molecule has 2 aliphatic rings. The highest BCUT2D eigenvalue weighted by Crippen LogP contribution is 2.45. The number of anilines is 1. The van der Waals surface area contributed by atoms with E-state index >= 15 is 0 Å². The quantitative estimate of drug-likeness (QED) is 0.818. The summed E-state index contributed by atoms with van der Waals surface area (Å²) in [6.07, 6.45) is 6.33. The van der Waals surface area contributed by atoms with E-state index in [1.54, 1.807) is 0 Å². The van der Waals surface area contributed by atoms with Gasteiger partial charge in [-0.05, 0) is 45.2 Å². The highest BCUT2D eigenvalue weighted by molar-refractivity contribution is 5.51. The zero-order valence-corrected chi connectivity index (χ0v) is 17.7. The van der Waals surface area contributed by atoms with Gasteiger partial charge in [0.1, 0.15) is 11.4 Å². The number of nitrogens with zero attached hydrogens (tertiary/aromatic N) is 3. The van der Waals surface area contributed by atoms with Crippen LogP contribution in [-0.2, 0) is 6.54 Å². The molecule has 1 N–H and O–H groups in total. The highest BCUT2D eigenvalue weighted by atomic mass is 16.5. The maximum absolute atomic E-state index is 6.59. The van der Waals surface area contributed by atoms with Crippen LogP contribution in [-0.4, -0.2) is 40.4 Å². The average Bonchev–Trinajstić information content (AvgIpc) is 3.02. The van der Waals surface area contributed by atoms with Crippen LogP contribution >= 0.6 is 0 Å². The molecule has 1 unspecified atom stereocenters. The van der Waals surface area contributed by atoms with Crippen LogP contribution in [0.1, 0.15) is 56.8 Å². The van der Waals surface area contributed by atoms with Gasteiger partial charge in [-0.25, -0.2) is 0 Å². The molecule has 1 atom stereocenters. The van der Waals surface area contributed by atoms with E-state index in [1.165, 1.54) is 11.3 Å². The molecular formula is C23H34N4O. The van der Waals surface area contributed by atoms with E-state index in [9.17, 15) is 0 Å². The molecule has 28 heavy (non-hydrogen) atoms. The molecule has 0 bridgehead atoms. The number of nitrogens with one attached hydrogen (secondary N) is 1. The van der Waals surface area contributed by atoms with Crippen LogP contribution in [0, 0.1) is 12.8 Å². The first-order valence-electron chi connectivity index (χ1n) is 10.7. The lowest BCUT2D eigenvalue weighted by atomic mass is 9.80. The van der Waals surface area contributed by atoms with Gasteiger partial charge in [0.2, 0.25) is 0 Å². The van der Waals surface area contributed by atoms with Crippen LogP contribution in [0.25, 0.3) is 0 Å². The fourth-order valence-corrected chi connectivity index (χ4v) is 4.46. The Morgan fingerprint density at radius 3 is 2.75 bits per heavy atom. The Morgan fingerprint density at radius 1 is 1.25 bits per heavy atom. The maximum atomic E-state index is 6.59. The third kappa shape index (κ3) is 3.90. The van der Waals surface area contributed by atoms with Gasteiger partial charge in [-0.1, -0.05) is 32.0 Å². The van der Waals surface area contributed by atoms with Crippen molar-refractivity contribution in [2.45, 2.75) is 64.6 Å². The summed E-state index contributed by atoms with van der Waals surface area (Å²) in [5, 5.41) is 8.46. The average molecular weight is 383 g/mol. The van der Waals surface area contributed by atoms with Crippen LogP contribution in [0.4, 0.5) is 5.69 Å². The molecule has 1 aromatic carbocycles. The van der Waals surface area contributed by atoms with Crippen LogP contribution < -0.4 is 10.1 Å². The summed E-state index contributed by atoms with van der Waals surface area (Å²) < 4.78 is 8.73. The van der Waals surface area contributed by atoms with E-state index in [4.69, 9.17) is 4.74 Å². The molecule has 1 fully saturated rings. The monoisotopic (exact) mass is 382 g/mol. The molecular weight excluding hydrogens is 348 g/mol. The van der Waals surface area contributed by atoms with Gasteiger partial charge in [0, 0.05) is 31.6 Å². The van der Waals surface area contributed by atoms with Gasteiger partial charge in [-0.2, -0.15) is 5.10 Å². The molecule has 152 valence electrons. The predicted molar refractivity (Wildman–Crippen MR) is 114 cm³/mol. The second-order valence-electron chi connectivity index (χ2n) is 9.08. The molecule has 2 aliphatic heterocycles. The first kappa shape index (κ1) is 19.3. The molecule has 0 aliphatic carbocycles. The number of piperidine rings is 1. The molecule has 5 nitrogen and oxygen atoms in total. The van der Waals surface area contributed by atoms with Crippen molar-refractivity contribution in [2.75, 3.05) is 25.5 Å². The molecule has 1 spiro atoms. The molecule has 4 rings (SSSR count). The lowest BCUT2D eigenvalue weighted by molar-refractivity contribution is -0.0144. The summed E-state index contributed by atoms with van der Waals surface area (Å²) in [7, 11) is 2.20. The van der Waals surface area contributed by atoms with Crippen molar-refractivity contribution in [2.24, 2.45) is 5.92 Å².